The number of rotatable bonds is 6. The highest BCUT2D eigenvalue weighted by atomic mass is 16.4. The van der Waals surface area contributed by atoms with Gasteiger partial charge in [0.05, 0.1) is 6.42 Å². The molecule has 2 atom stereocenters. The number of amides is 2. The molecule has 2 unspecified atom stereocenters. The summed E-state index contributed by atoms with van der Waals surface area (Å²) in [7, 11) is 0. The van der Waals surface area contributed by atoms with Crippen LogP contribution in [0, 0.1) is 0 Å². The first kappa shape index (κ1) is 15.8. The second-order valence-corrected chi connectivity index (χ2v) is 5.28. The van der Waals surface area contributed by atoms with Crippen molar-refractivity contribution in [1.82, 2.24) is 10.2 Å². The lowest BCUT2D eigenvalue weighted by Gasteiger charge is -2.36. The minimum Gasteiger partial charge on any atom is -0.481 e. The lowest BCUT2D eigenvalue weighted by Crippen LogP contribution is -2.51. The van der Waals surface area contributed by atoms with Crippen LogP contribution in [-0.4, -0.2) is 40.6 Å². The van der Waals surface area contributed by atoms with Gasteiger partial charge < -0.3 is 15.3 Å². The molecule has 0 radical (unpaired) electrons. The highest BCUT2D eigenvalue weighted by molar-refractivity contribution is 5.76. The fourth-order valence-corrected chi connectivity index (χ4v) is 2.73. The van der Waals surface area contributed by atoms with E-state index in [1.54, 1.807) is 0 Å². The van der Waals surface area contributed by atoms with Gasteiger partial charge in [-0.05, 0) is 32.1 Å². The van der Waals surface area contributed by atoms with Crippen LogP contribution in [0.2, 0.25) is 0 Å². The van der Waals surface area contributed by atoms with Gasteiger partial charge in [0.1, 0.15) is 0 Å². The summed E-state index contributed by atoms with van der Waals surface area (Å²) < 4.78 is 0. The molecule has 0 aromatic carbocycles. The number of urea groups is 1. The standard InChI is InChI=1S/C14H26N2O3/c1-3-7-11(10-13(17)18)15-14(19)16-9-6-5-8-12(16)4-2/h11-12H,3-10H2,1-2H3,(H,15,19)(H,17,18). The minimum atomic E-state index is -0.857. The Morgan fingerprint density at radius 3 is 2.68 bits per heavy atom. The van der Waals surface area contributed by atoms with E-state index in [2.05, 4.69) is 12.2 Å². The summed E-state index contributed by atoms with van der Waals surface area (Å²) in [5, 5.41) is 11.8. The van der Waals surface area contributed by atoms with Gasteiger partial charge in [-0.1, -0.05) is 20.3 Å². The monoisotopic (exact) mass is 270 g/mol. The molecule has 2 N–H and O–H groups in total. The Bertz CT molecular complexity index is 307. The van der Waals surface area contributed by atoms with Crippen molar-refractivity contribution in [3.05, 3.63) is 0 Å². The van der Waals surface area contributed by atoms with E-state index in [4.69, 9.17) is 5.11 Å². The van der Waals surface area contributed by atoms with Gasteiger partial charge in [-0.15, -0.1) is 0 Å². The average molecular weight is 270 g/mol. The van der Waals surface area contributed by atoms with Crippen molar-refractivity contribution < 1.29 is 14.7 Å². The van der Waals surface area contributed by atoms with Gasteiger partial charge >= 0.3 is 12.0 Å². The van der Waals surface area contributed by atoms with Gasteiger partial charge in [0.2, 0.25) is 0 Å². The highest BCUT2D eigenvalue weighted by Crippen LogP contribution is 2.19. The zero-order valence-electron chi connectivity index (χ0n) is 12.0. The fourth-order valence-electron chi connectivity index (χ4n) is 2.73. The lowest BCUT2D eigenvalue weighted by molar-refractivity contribution is -0.137. The molecule has 19 heavy (non-hydrogen) atoms. The number of carboxylic acids is 1. The van der Waals surface area contributed by atoms with E-state index in [9.17, 15) is 9.59 Å². The third kappa shape index (κ3) is 5.09. The predicted molar refractivity (Wildman–Crippen MR) is 74.1 cm³/mol. The molecule has 1 aliphatic rings. The smallest absolute Gasteiger partial charge is 0.317 e. The quantitative estimate of drug-likeness (QED) is 0.779. The number of likely N-dealkylation sites (tertiary alicyclic amines) is 1. The van der Waals surface area contributed by atoms with Crippen molar-refractivity contribution in [2.45, 2.75) is 70.9 Å². The van der Waals surface area contributed by atoms with Gasteiger partial charge in [-0.2, -0.15) is 0 Å². The largest absolute Gasteiger partial charge is 0.481 e. The Morgan fingerprint density at radius 2 is 2.11 bits per heavy atom. The lowest BCUT2D eigenvalue weighted by atomic mass is 10.0. The van der Waals surface area contributed by atoms with Gasteiger partial charge in [0, 0.05) is 18.6 Å². The second-order valence-electron chi connectivity index (χ2n) is 5.28. The topological polar surface area (TPSA) is 69.6 Å². The maximum Gasteiger partial charge on any atom is 0.317 e. The van der Waals surface area contributed by atoms with E-state index in [1.807, 2.05) is 11.8 Å². The van der Waals surface area contributed by atoms with Crippen LogP contribution in [0.15, 0.2) is 0 Å². The molecule has 110 valence electrons. The zero-order chi connectivity index (χ0) is 14.3. The van der Waals surface area contributed by atoms with Crippen LogP contribution in [0.5, 0.6) is 0 Å². The maximum absolute atomic E-state index is 12.3. The van der Waals surface area contributed by atoms with Crippen LogP contribution >= 0.6 is 0 Å². The van der Waals surface area contributed by atoms with Crippen molar-refractivity contribution in [3.63, 3.8) is 0 Å². The molecule has 0 aromatic rings. The number of carboxylic acid groups (broad SMARTS) is 1. The molecule has 0 aliphatic carbocycles. The number of hydrogen-bond acceptors (Lipinski definition) is 2. The Hall–Kier alpha value is -1.26. The number of nitrogens with zero attached hydrogens (tertiary/aromatic N) is 1. The third-order valence-corrected chi connectivity index (χ3v) is 3.75. The van der Waals surface area contributed by atoms with E-state index in [0.29, 0.717) is 12.5 Å². The summed E-state index contributed by atoms with van der Waals surface area (Å²) >= 11 is 0. The Kier molecular flexibility index (Phi) is 6.67. The van der Waals surface area contributed by atoms with Crippen LogP contribution in [0.25, 0.3) is 0 Å². The number of piperidine rings is 1. The summed E-state index contributed by atoms with van der Waals surface area (Å²) in [6.07, 6.45) is 5.82. The highest BCUT2D eigenvalue weighted by Gasteiger charge is 2.27. The van der Waals surface area contributed by atoms with Crippen LogP contribution in [0.3, 0.4) is 0 Å². The third-order valence-electron chi connectivity index (χ3n) is 3.75. The molecule has 2 amide bonds. The Labute approximate surface area is 115 Å². The summed E-state index contributed by atoms with van der Waals surface area (Å²) in [5.74, 6) is -0.857. The van der Waals surface area contributed by atoms with Crippen molar-refractivity contribution in [1.29, 1.82) is 0 Å². The molecule has 5 nitrogen and oxygen atoms in total. The Morgan fingerprint density at radius 1 is 1.37 bits per heavy atom. The summed E-state index contributed by atoms with van der Waals surface area (Å²) in [5.41, 5.74) is 0. The van der Waals surface area contributed by atoms with Crippen molar-refractivity contribution >= 4 is 12.0 Å². The molecule has 0 bridgehead atoms. The molecule has 0 aromatic heterocycles. The van der Waals surface area contributed by atoms with E-state index >= 15 is 0 Å². The number of carbonyl (C=O) groups excluding carboxylic acids is 1. The molecule has 0 saturated carbocycles. The molecule has 0 spiro atoms. The predicted octanol–water partition coefficient (Wildman–Crippen LogP) is 2.60. The molecular weight excluding hydrogens is 244 g/mol. The second kappa shape index (κ2) is 8.02. The van der Waals surface area contributed by atoms with Gasteiger partial charge in [0.25, 0.3) is 0 Å². The molecule has 5 heteroatoms. The van der Waals surface area contributed by atoms with E-state index in [-0.39, 0.29) is 18.5 Å². The number of nitrogens with one attached hydrogen (secondary N) is 1. The molecule has 1 fully saturated rings. The van der Waals surface area contributed by atoms with Crippen molar-refractivity contribution in [2.24, 2.45) is 0 Å². The first-order chi connectivity index (χ1) is 9.08. The minimum absolute atomic E-state index is 0.00418. The number of carbonyl (C=O) groups is 2. The van der Waals surface area contributed by atoms with Crippen LogP contribution in [0.4, 0.5) is 4.79 Å². The van der Waals surface area contributed by atoms with E-state index in [1.165, 1.54) is 6.42 Å². The number of aliphatic carboxylic acids is 1. The van der Waals surface area contributed by atoms with Crippen molar-refractivity contribution in [3.8, 4) is 0 Å². The average Bonchev–Trinajstić information content (AvgIpc) is 2.38. The molecule has 1 aliphatic heterocycles. The molecule has 1 rings (SSSR count). The first-order valence-corrected chi connectivity index (χ1v) is 7.37. The first-order valence-electron chi connectivity index (χ1n) is 7.37. The maximum atomic E-state index is 12.3. The SMILES string of the molecule is CCCC(CC(=O)O)NC(=O)N1CCCCC1CC. The van der Waals surface area contributed by atoms with E-state index in [0.717, 1.165) is 32.2 Å². The van der Waals surface area contributed by atoms with Crippen LogP contribution in [-0.2, 0) is 4.79 Å². The fraction of sp³-hybridized carbons (Fsp3) is 0.857. The Balaban J connectivity index is 2.56. The molecule has 1 heterocycles. The van der Waals surface area contributed by atoms with Crippen LogP contribution in [0.1, 0.15) is 58.8 Å². The normalized spacial score (nSPS) is 20.9. The van der Waals surface area contributed by atoms with Gasteiger partial charge in [0.15, 0.2) is 0 Å². The van der Waals surface area contributed by atoms with E-state index < -0.39 is 5.97 Å². The number of hydrogen-bond donors (Lipinski definition) is 2. The summed E-state index contributed by atoms with van der Waals surface area (Å²) in [6, 6.07) is -0.0402. The van der Waals surface area contributed by atoms with Crippen LogP contribution < -0.4 is 5.32 Å². The molecular formula is C14H26N2O3. The summed E-state index contributed by atoms with van der Waals surface area (Å²) in [4.78, 5) is 24.9. The molecule has 1 saturated heterocycles. The summed E-state index contributed by atoms with van der Waals surface area (Å²) in [6.45, 7) is 4.88. The van der Waals surface area contributed by atoms with Crippen molar-refractivity contribution in [2.75, 3.05) is 6.54 Å². The van der Waals surface area contributed by atoms with Gasteiger partial charge in [-0.3, -0.25) is 4.79 Å². The van der Waals surface area contributed by atoms with Gasteiger partial charge in [-0.25, -0.2) is 4.79 Å². The zero-order valence-corrected chi connectivity index (χ0v) is 12.0.